The zero-order valence-corrected chi connectivity index (χ0v) is 11.3. The minimum atomic E-state index is -0.811. The third-order valence-electron chi connectivity index (χ3n) is 5.20. The van der Waals surface area contributed by atoms with E-state index in [1.54, 1.807) is 0 Å². The summed E-state index contributed by atoms with van der Waals surface area (Å²) >= 11 is 0. The molecule has 0 aromatic heterocycles. The smallest absolute Gasteiger partial charge is 0.306 e. The van der Waals surface area contributed by atoms with Crippen molar-refractivity contribution in [3.63, 3.8) is 0 Å². The molecule has 2 amide bonds. The van der Waals surface area contributed by atoms with Crippen molar-refractivity contribution < 1.29 is 19.5 Å². The number of aliphatic carboxylic acids is 1. The minimum absolute atomic E-state index is 0.0731. The second kappa shape index (κ2) is 3.81. The second-order valence-corrected chi connectivity index (χ2v) is 6.68. The van der Waals surface area contributed by atoms with Gasteiger partial charge in [-0.15, -0.1) is 0 Å². The molecule has 3 fully saturated rings. The third kappa shape index (κ3) is 1.63. The van der Waals surface area contributed by atoms with Crippen molar-refractivity contribution in [2.45, 2.75) is 45.6 Å². The topological polar surface area (TPSA) is 74.7 Å². The summed E-state index contributed by atoms with van der Waals surface area (Å²) in [6.07, 6.45) is 2.60. The Labute approximate surface area is 112 Å². The third-order valence-corrected chi connectivity index (χ3v) is 5.20. The zero-order chi connectivity index (χ0) is 13.9. The highest BCUT2D eigenvalue weighted by atomic mass is 16.4. The summed E-state index contributed by atoms with van der Waals surface area (Å²) < 4.78 is 0. The van der Waals surface area contributed by atoms with Crippen LogP contribution in [0.4, 0.5) is 0 Å². The van der Waals surface area contributed by atoms with E-state index in [9.17, 15) is 14.4 Å². The monoisotopic (exact) mass is 265 g/mol. The summed E-state index contributed by atoms with van der Waals surface area (Å²) in [4.78, 5) is 37.1. The van der Waals surface area contributed by atoms with E-state index in [0.29, 0.717) is 12.8 Å². The van der Waals surface area contributed by atoms with Crippen molar-refractivity contribution in [1.29, 1.82) is 0 Å². The molecule has 1 aliphatic heterocycles. The molecule has 1 N–H and O–H groups in total. The molecule has 0 aromatic carbocycles. The number of imide groups is 1. The minimum Gasteiger partial charge on any atom is -0.481 e. The Morgan fingerprint density at radius 1 is 1.21 bits per heavy atom. The van der Waals surface area contributed by atoms with Gasteiger partial charge < -0.3 is 5.11 Å². The number of likely N-dealkylation sites (tertiary alicyclic amines) is 1. The van der Waals surface area contributed by atoms with Crippen molar-refractivity contribution in [2.24, 2.45) is 23.2 Å². The van der Waals surface area contributed by atoms with Crippen LogP contribution in [-0.4, -0.2) is 33.8 Å². The standard InChI is InChI=1S/C14H19NO4/c1-14(2)9-10(14)12(17)15(11(9)16)8-5-3-4-7(6-8)13(18)19/h7-10H,3-6H2,1-2H3,(H,18,19). The molecule has 0 bridgehead atoms. The average Bonchev–Trinajstić information content (AvgIpc) is 2.79. The van der Waals surface area contributed by atoms with Gasteiger partial charge in [-0.3, -0.25) is 19.3 Å². The number of amides is 2. The summed E-state index contributed by atoms with van der Waals surface area (Å²) in [5.41, 5.74) is -0.189. The van der Waals surface area contributed by atoms with Crippen LogP contribution in [0.2, 0.25) is 0 Å². The summed E-state index contributed by atoms with van der Waals surface area (Å²) in [7, 11) is 0. The number of piperidine rings is 1. The highest BCUT2D eigenvalue weighted by molar-refractivity contribution is 6.10. The summed E-state index contributed by atoms with van der Waals surface area (Å²) in [6.45, 7) is 3.91. The fourth-order valence-electron chi connectivity index (χ4n) is 3.95. The quantitative estimate of drug-likeness (QED) is 0.763. The molecule has 1 heterocycles. The molecule has 5 heteroatoms. The van der Waals surface area contributed by atoms with Crippen LogP contribution >= 0.6 is 0 Å². The van der Waals surface area contributed by atoms with Gasteiger partial charge in [-0.1, -0.05) is 20.3 Å². The van der Waals surface area contributed by atoms with Crippen LogP contribution in [0.15, 0.2) is 0 Å². The number of carbonyl (C=O) groups is 3. The number of hydrogen-bond donors (Lipinski definition) is 1. The van der Waals surface area contributed by atoms with Crippen LogP contribution < -0.4 is 0 Å². The van der Waals surface area contributed by atoms with Crippen LogP contribution in [0.3, 0.4) is 0 Å². The number of carbonyl (C=O) groups excluding carboxylic acids is 2. The van der Waals surface area contributed by atoms with E-state index in [1.165, 1.54) is 4.90 Å². The molecule has 0 spiro atoms. The van der Waals surface area contributed by atoms with E-state index in [2.05, 4.69) is 0 Å². The van der Waals surface area contributed by atoms with Gasteiger partial charge in [-0.25, -0.2) is 0 Å². The first-order chi connectivity index (χ1) is 8.85. The lowest BCUT2D eigenvalue weighted by Gasteiger charge is -2.34. The molecule has 2 saturated carbocycles. The zero-order valence-electron chi connectivity index (χ0n) is 11.3. The first-order valence-corrected chi connectivity index (χ1v) is 6.95. The lowest BCUT2D eigenvalue weighted by atomic mass is 9.84. The molecule has 4 unspecified atom stereocenters. The summed E-state index contributed by atoms with van der Waals surface area (Å²) in [6, 6.07) is -0.196. The Morgan fingerprint density at radius 2 is 1.79 bits per heavy atom. The van der Waals surface area contributed by atoms with Gasteiger partial charge in [0, 0.05) is 6.04 Å². The van der Waals surface area contributed by atoms with E-state index < -0.39 is 11.9 Å². The van der Waals surface area contributed by atoms with Gasteiger partial charge in [0.15, 0.2) is 0 Å². The summed E-state index contributed by atoms with van der Waals surface area (Å²) in [5, 5.41) is 9.09. The Balaban J connectivity index is 1.76. The molecule has 104 valence electrons. The molecule has 0 aromatic rings. The number of fused-ring (bicyclic) bond motifs is 1. The molecule has 5 nitrogen and oxygen atoms in total. The second-order valence-electron chi connectivity index (χ2n) is 6.68. The molecule has 0 radical (unpaired) electrons. The number of carboxylic acids is 1. The highest BCUT2D eigenvalue weighted by Gasteiger charge is 2.73. The summed E-state index contributed by atoms with van der Waals surface area (Å²) in [5.74, 6) is -1.69. The van der Waals surface area contributed by atoms with Crippen LogP contribution in [0.5, 0.6) is 0 Å². The van der Waals surface area contributed by atoms with Crippen molar-refractivity contribution in [3.05, 3.63) is 0 Å². The predicted molar refractivity (Wildman–Crippen MR) is 66.0 cm³/mol. The molecular weight excluding hydrogens is 246 g/mol. The fourth-order valence-corrected chi connectivity index (χ4v) is 3.95. The Bertz CT molecular complexity index is 446. The molecule has 19 heavy (non-hydrogen) atoms. The van der Waals surface area contributed by atoms with Gasteiger partial charge in [-0.2, -0.15) is 0 Å². The lowest BCUT2D eigenvalue weighted by molar-refractivity contribution is -0.151. The maximum Gasteiger partial charge on any atom is 0.306 e. The number of nitrogens with zero attached hydrogens (tertiary/aromatic N) is 1. The van der Waals surface area contributed by atoms with Gasteiger partial charge in [0.05, 0.1) is 17.8 Å². The molecule has 4 atom stereocenters. The van der Waals surface area contributed by atoms with E-state index in [4.69, 9.17) is 5.11 Å². The Kier molecular flexibility index (Phi) is 2.53. The normalized spacial score (nSPS) is 40.2. The van der Waals surface area contributed by atoms with E-state index >= 15 is 0 Å². The molecule has 3 rings (SSSR count). The number of hydrogen-bond acceptors (Lipinski definition) is 3. The average molecular weight is 265 g/mol. The Hall–Kier alpha value is -1.39. The molecule has 1 saturated heterocycles. The maximum absolute atomic E-state index is 12.3. The molecular formula is C14H19NO4. The van der Waals surface area contributed by atoms with Gasteiger partial charge in [0.1, 0.15) is 0 Å². The van der Waals surface area contributed by atoms with Crippen LogP contribution in [0.1, 0.15) is 39.5 Å². The van der Waals surface area contributed by atoms with Crippen molar-refractivity contribution in [1.82, 2.24) is 4.90 Å². The first kappa shape index (κ1) is 12.6. The van der Waals surface area contributed by atoms with Crippen LogP contribution in [0, 0.1) is 23.2 Å². The maximum atomic E-state index is 12.3. The number of carboxylic acid groups (broad SMARTS) is 1. The van der Waals surface area contributed by atoms with Crippen molar-refractivity contribution >= 4 is 17.8 Å². The molecule has 2 aliphatic carbocycles. The van der Waals surface area contributed by atoms with Crippen molar-refractivity contribution in [3.8, 4) is 0 Å². The fraction of sp³-hybridized carbons (Fsp3) is 0.786. The predicted octanol–water partition coefficient (Wildman–Crippen LogP) is 1.27. The van der Waals surface area contributed by atoms with Gasteiger partial charge in [0.2, 0.25) is 11.8 Å². The van der Waals surface area contributed by atoms with Gasteiger partial charge in [0.25, 0.3) is 0 Å². The van der Waals surface area contributed by atoms with E-state index in [1.807, 2.05) is 13.8 Å². The first-order valence-electron chi connectivity index (χ1n) is 6.95. The van der Waals surface area contributed by atoms with Gasteiger partial charge >= 0.3 is 5.97 Å². The van der Waals surface area contributed by atoms with E-state index in [0.717, 1.165) is 12.8 Å². The van der Waals surface area contributed by atoms with Crippen LogP contribution in [0.25, 0.3) is 0 Å². The Morgan fingerprint density at radius 3 is 2.32 bits per heavy atom. The van der Waals surface area contributed by atoms with Gasteiger partial charge in [-0.05, 0) is 24.7 Å². The lowest BCUT2D eigenvalue weighted by Crippen LogP contribution is -2.46. The SMILES string of the molecule is CC1(C)C2C(=O)N(C3CCCC(C(=O)O)C3)C(=O)C21. The van der Waals surface area contributed by atoms with Crippen LogP contribution in [-0.2, 0) is 14.4 Å². The number of rotatable bonds is 2. The highest BCUT2D eigenvalue weighted by Crippen LogP contribution is 2.63. The van der Waals surface area contributed by atoms with E-state index in [-0.39, 0.29) is 35.1 Å². The largest absolute Gasteiger partial charge is 0.481 e. The van der Waals surface area contributed by atoms with Crippen molar-refractivity contribution in [2.75, 3.05) is 0 Å². The molecule has 3 aliphatic rings.